The monoisotopic (exact) mass is 301 g/mol. The summed E-state index contributed by atoms with van der Waals surface area (Å²) < 4.78 is 1.62. The molecular formula is C19H15N3O. The van der Waals surface area contributed by atoms with Gasteiger partial charge >= 0.3 is 0 Å². The molecule has 2 aromatic carbocycles. The smallest absolute Gasteiger partial charge is 0.153 e. The predicted octanol–water partition coefficient (Wildman–Crippen LogP) is 3.84. The summed E-state index contributed by atoms with van der Waals surface area (Å²) in [5.74, 6) is 0. The summed E-state index contributed by atoms with van der Waals surface area (Å²) >= 11 is 0. The lowest BCUT2D eigenvalue weighted by Crippen LogP contribution is -1.97. The molecule has 1 heterocycles. The van der Waals surface area contributed by atoms with Gasteiger partial charge in [0, 0.05) is 6.20 Å². The first-order chi connectivity index (χ1) is 11.1. The lowest BCUT2D eigenvalue weighted by Gasteiger charge is -2.08. The van der Waals surface area contributed by atoms with Gasteiger partial charge in [-0.05, 0) is 37.1 Å². The minimum Gasteiger partial charge on any atom is -0.298 e. The zero-order chi connectivity index (χ0) is 16.4. The minimum absolute atomic E-state index is 0.547. The highest BCUT2D eigenvalue weighted by atomic mass is 16.1. The van der Waals surface area contributed by atoms with Gasteiger partial charge in [0.15, 0.2) is 6.29 Å². The first-order valence-electron chi connectivity index (χ1n) is 7.25. The highest BCUT2D eigenvalue weighted by Gasteiger charge is 2.10. The van der Waals surface area contributed by atoms with Crippen molar-refractivity contribution in [2.75, 3.05) is 0 Å². The van der Waals surface area contributed by atoms with E-state index in [-0.39, 0.29) is 0 Å². The van der Waals surface area contributed by atoms with E-state index in [4.69, 9.17) is 0 Å². The number of rotatable bonds is 3. The van der Waals surface area contributed by atoms with Crippen LogP contribution in [0.5, 0.6) is 0 Å². The van der Waals surface area contributed by atoms with Crippen molar-refractivity contribution in [3.8, 4) is 22.9 Å². The number of benzene rings is 2. The molecule has 0 atom stereocenters. The quantitative estimate of drug-likeness (QED) is 0.691. The number of nitrogens with zero attached hydrogens (tertiary/aromatic N) is 3. The summed E-state index contributed by atoms with van der Waals surface area (Å²) in [5.41, 5.74) is 5.60. The summed E-state index contributed by atoms with van der Waals surface area (Å²) in [7, 11) is 0. The SMILES string of the molecule is Cc1cccc(-c2ccc(-n3cc(C=O)c(C)n3)cc2C#N)c1. The average molecular weight is 301 g/mol. The second-order valence-corrected chi connectivity index (χ2v) is 5.44. The minimum atomic E-state index is 0.547. The van der Waals surface area contributed by atoms with E-state index < -0.39 is 0 Å². The van der Waals surface area contributed by atoms with E-state index >= 15 is 0 Å². The fourth-order valence-electron chi connectivity index (χ4n) is 2.55. The van der Waals surface area contributed by atoms with Crippen LogP contribution in [-0.4, -0.2) is 16.1 Å². The van der Waals surface area contributed by atoms with Crippen molar-refractivity contribution in [3.63, 3.8) is 0 Å². The maximum atomic E-state index is 11.0. The van der Waals surface area contributed by atoms with E-state index in [2.05, 4.69) is 17.2 Å². The van der Waals surface area contributed by atoms with Crippen LogP contribution in [-0.2, 0) is 0 Å². The summed E-state index contributed by atoms with van der Waals surface area (Å²) in [4.78, 5) is 11.0. The van der Waals surface area contributed by atoms with Crippen molar-refractivity contribution < 1.29 is 4.79 Å². The number of hydrogen-bond acceptors (Lipinski definition) is 3. The van der Waals surface area contributed by atoms with Crippen LogP contribution >= 0.6 is 0 Å². The van der Waals surface area contributed by atoms with Crippen molar-refractivity contribution in [1.29, 1.82) is 5.26 Å². The molecule has 3 aromatic rings. The van der Waals surface area contributed by atoms with Gasteiger partial charge in [0.05, 0.1) is 28.6 Å². The molecule has 0 aliphatic rings. The van der Waals surface area contributed by atoms with Gasteiger partial charge in [-0.25, -0.2) is 4.68 Å². The number of aryl methyl sites for hydroxylation is 2. The molecule has 0 saturated heterocycles. The molecule has 4 heteroatoms. The largest absolute Gasteiger partial charge is 0.298 e. The lowest BCUT2D eigenvalue weighted by atomic mass is 9.98. The number of carbonyl (C=O) groups excluding carboxylic acids is 1. The summed E-state index contributed by atoms with van der Waals surface area (Å²) in [6, 6.07) is 15.9. The van der Waals surface area contributed by atoms with Gasteiger partial charge in [-0.1, -0.05) is 35.9 Å². The Kier molecular flexibility index (Phi) is 3.78. The number of nitriles is 1. The lowest BCUT2D eigenvalue weighted by molar-refractivity contribution is 0.112. The van der Waals surface area contributed by atoms with Gasteiger partial charge in [0.2, 0.25) is 0 Å². The topological polar surface area (TPSA) is 58.7 Å². The van der Waals surface area contributed by atoms with Crippen molar-refractivity contribution in [2.45, 2.75) is 13.8 Å². The molecule has 1 aromatic heterocycles. The van der Waals surface area contributed by atoms with Gasteiger partial charge in [0.25, 0.3) is 0 Å². The van der Waals surface area contributed by atoms with Crippen molar-refractivity contribution >= 4 is 6.29 Å². The second kappa shape index (κ2) is 5.90. The van der Waals surface area contributed by atoms with E-state index in [1.54, 1.807) is 23.9 Å². The molecule has 0 spiro atoms. The highest BCUT2D eigenvalue weighted by Crippen LogP contribution is 2.26. The predicted molar refractivity (Wildman–Crippen MR) is 88.6 cm³/mol. The Labute approximate surface area is 134 Å². The van der Waals surface area contributed by atoms with E-state index in [0.717, 1.165) is 28.7 Å². The molecule has 3 rings (SSSR count). The van der Waals surface area contributed by atoms with Crippen LogP contribution in [0.1, 0.15) is 27.2 Å². The fraction of sp³-hybridized carbons (Fsp3) is 0.105. The van der Waals surface area contributed by atoms with Gasteiger partial charge in [-0.15, -0.1) is 0 Å². The van der Waals surface area contributed by atoms with Crippen LogP contribution < -0.4 is 0 Å². The summed E-state index contributed by atoms with van der Waals surface area (Å²) in [5, 5.41) is 13.8. The first-order valence-corrected chi connectivity index (χ1v) is 7.25. The Morgan fingerprint density at radius 3 is 2.65 bits per heavy atom. The van der Waals surface area contributed by atoms with Crippen LogP contribution in [0.2, 0.25) is 0 Å². The molecule has 4 nitrogen and oxygen atoms in total. The standard InChI is InChI=1S/C19H15N3O/c1-13-4-3-5-15(8-13)19-7-6-18(9-16(19)10-20)22-11-17(12-23)14(2)21-22/h3-9,11-12H,1-2H3. The van der Waals surface area contributed by atoms with Gasteiger partial charge in [-0.2, -0.15) is 10.4 Å². The number of aldehydes is 1. The molecule has 0 N–H and O–H groups in total. The Morgan fingerprint density at radius 2 is 2.00 bits per heavy atom. The van der Waals surface area contributed by atoms with Crippen LogP contribution in [0.4, 0.5) is 0 Å². The summed E-state index contributed by atoms with van der Waals surface area (Å²) in [6.45, 7) is 3.81. The first kappa shape index (κ1) is 14.7. The van der Waals surface area contributed by atoms with Crippen LogP contribution in [0, 0.1) is 25.2 Å². The molecule has 0 unspecified atom stereocenters. The molecule has 0 aliphatic heterocycles. The highest BCUT2D eigenvalue weighted by molar-refractivity contribution is 5.76. The zero-order valence-electron chi connectivity index (χ0n) is 12.9. The molecular weight excluding hydrogens is 286 g/mol. The molecule has 0 amide bonds. The molecule has 0 radical (unpaired) electrons. The van der Waals surface area contributed by atoms with Crippen LogP contribution in [0.3, 0.4) is 0 Å². The van der Waals surface area contributed by atoms with Crippen molar-refractivity contribution in [2.24, 2.45) is 0 Å². The summed E-state index contributed by atoms with van der Waals surface area (Å²) in [6.07, 6.45) is 2.45. The zero-order valence-corrected chi connectivity index (χ0v) is 12.9. The molecule has 0 aliphatic carbocycles. The normalized spacial score (nSPS) is 10.3. The van der Waals surface area contributed by atoms with E-state index in [9.17, 15) is 10.1 Å². The number of carbonyl (C=O) groups is 1. The third-order valence-electron chi connectivity index (χ3n) is 3.78. The number of hydrogen-bond donors (Lipinski definition) is 0. The maximum absolute atomic E-state index is 11.0. The van der Waals surface area contributed by atoms with Gasteiger partial charge in [-0.3, -0.25) is 4.79 Å². The van der Waals surface area contributed by atoms with E-state index in [1.165, 1.54) is 0 Å². The third-order valence-corrected chi connectivity index (χ3v) is 3.78. The van der Waals surface area contributed by atoms with Crippen molar-refractivity contribution in [1.82, 2.24) is 9.78 Å². The Hall–Kier alpha value is -3.19. The van der Waals surface area contributed by atoms with E-state index in [0.29, 0.717) is 16.8 Å². The Balaban J connectivity index is 2.10. The van der Waals surface area contributed by atoms with Gasteiger partial charge < -0.3 is 0 Å². The Bertz CT molecular complexity index is 932. The van der Waals surface area contributed by atoms with Gasteiger partial charge in [0.1, 0.15) is 0 Å². The maximum Gasteiger partial charge on any atom is 0.153 e. The molecule has 23 heavy (non-hydrogen) atoms. The fourth-order valence-corrected chi connectivity index (χ4v) is 2.55. The van der Waals surface area contributed by atoms with Crippen LogP contribution in [0.15, 0.2) is 48.7 Å². The molecule has 0 saturated carbocycles. The molecule has 0 fully saturated rings. The van der Waals surface area contributed by atoms with E-state index in [1.807, 2.05) is 37.3 Å². The van der Waals surface area contributed by atoms with Crippen LogP contribution in [0.25, 0.3) is 16.8 Å². The Morgan fingerprint density at radius 1 is 1.17 bits per heavy atom. The average Bonchev–Trinajstić information content (AvgIpc) is 2.95. The molecule has 0 bridgehead atoms. The molecule has 112 valence electrons. The number of aromatic nitrogens is 2. The van der Waals surface area contributed by atoms with Crippen molar-refractivity contribution in [3.05, 3.63) is 71.0 Å². The second-order valence-electron chi connectivity index (χ2n) is 5.44. The third kappa shape index (κ3) is 2.77.